The van der Waals surface area contributed by atoms with E-state index in [0.717, 1.165) is 0 Å². The van der Waals surface area contributed by atoms with Crippen LogP contribution in [-0.4, -0.2) is 16.4 Å². The molecule has 1 amide bonds. The fourth-order valence-electron chi connectivity index (χ4n) is 0.501. The van der Waals surface area contributed by atoms with E-state index in [1.165, 1.54) is 0 Å². The summed E-state index contributed by atoms with van der Waals surface area (Å²) < 4.78 is 24.6. The fraction of sp³-hybridized carbons (Fsp3) is 0. The molecule has 0 bridgehead atoms. The Bertz CT molecular complexity index is 278. The lowest BCUT2D eigenvalue weighted by Gasteiger charge is -1.96. The predicted molar refractivity (Wildman–Crippen MR) is 31.6 cm³/mol. The van der Waals surface area contributed by atoms with Gasteiger partial charge in [0.2, 0.25) is 12.4 Å². The van der Waals surface area contributed by atoms with Crippen molar-refractivity contribution in [2.75, 3.05) is 5.32 Å². The summed E-state index contributed by atoms with van der Waals surface area (Å²) in [6.07, 6.45) is 0.803. The van der Waals surface area contributed by atoms with Crippen LogP contribution in [0, 0.1) is 11.9 Å². The lowest BCUT2D eigenvalue weighted by Crippen LogP contribution is -2.03. The lowest BCUT2D eigenvalue weighted by atomic mass is 10.6. The van der Waals surface area contributed by atoms with Gasteiger partial charge < -0.3 is 5.32 Å². The number of anilines is 1. The van der Waals surface area contributed by atoms with Crippen LogP contribution >= 0.6 is 0 Å². The quantitative estimate of drug-likeness (QED) is 0.632. The molecule has 1 aromatic heterocycles. The Morgan fingerprint density at radius 1 is 1.55 bits per heavy atom. The van der Waals surface area contributed by atoms with Gasteiger partial charge in [-0.3, -0.25) is 4.79 Å². The zero-order valence-electron chi connectivity index (χ0n) is 5.21. The van der Waals surface area contributed by atoms with Crippen LogP contribution in [0.2, 0.25) is 0 Å². The maximum Gasteiger partial charge on any atom is 0.256 e. The number of nitrogens with one attached hydrogen (secondary N) is 1. The van der Waals surface area contributed by atoms with Gasteiger partial charge in [0.15, 0.2) is 5.82 Å². The molecular formula is C5H3F2N3O. The van der Waals surface area contributed by atoms with E-state index in [2.05, 4.69) is 9.97 Å². The van der Waals surface area contributed by atoms with Gasteiger partial charge in [-0.1, -0.05) is 0 Å². The summed E-state index contributed by atoms with van der Waals surface area (Å²) in [5.41, 5.74) is 0. The molecular weight excluding hydrogens is 156 g/mol. The molecule has 11 heavy (non-hydrogen) atoms. The van der Waals surface area contributed by atoms with Crippen molar-refractivity contribution in [3.8, 4) is 0 Å². The Balaban J connectivity index is 3.01. The smallest absolute Gasteiger partial charge is 0.256 e. The zero-order valence-corrected chi connectivity index (χ0v) is 5.21. The summed E-state index contributed by atoms with van der Waals surface area (Å²) in [5, 5.41) is 1.85. The maximum absolute atomic E-state index is 12.4. The van der Waals surface area contributed by atoms with Gasteiger partial charge in [-0.25, -0.2) is 4.98 Å². The van der Waals surface area contributed by atoms with Gasteiger partial charge in [-0.05, 0) is 0 Å². The van der Waals surface area contributed by atoms with Crippen molar-refractivity contribution >= 4 is 12.2 Å². The van der Waals surface area contributed by atoms with Crippen molar-refractivity contribution in [1.82, 2.24) is 9.97 Å². The maximum atomic E-state index is 12.4. The van der Waals surface area contributed by atoms with Crippen molar-refractivity contribution in [3.05, 3.63) is 18.1 Å². The molecule has 1 N–H and O–H groups in total. The topological polar surface area (TPSA) is 54.9 Å². The number of amides is 1. The summed E-state index contributed by atoms with van der Waals surface area (Å²) in [6, 6.07) is 0. The Labute approximate surface area is 60.3 Å². The van der Waals surface area contributed by atoms with E-state index in [4.69, 9.17) is 0 Å². The third-order valence-corrected chi connectivity index (χ3v) is 0.894. The first-order chi connectivity index (χ1) is 5.24. The molecule has 0 radical (unpaired) electrons. The van der Waals surface area contributed by atoms with Crippen molar-refractivity contribution < 1.29 is 13.6 Å². The van der Waals surface area contributed by atoms with Crippen molar-refractivity contribution in [1.29, 1.82) is 0 Å². The largest absolute Gasteiger partial charge is 0.309 e. The molecule has 0 atom stereocenters. The van der Waals surface area contributed by atoms with Gasteiger partial charge in [0.05, 0.1) is 6.20 Å². The van der Waals surface area contributed by atoms with Gasteiger partial charge >= 0.3 is 0 Å². The van der Waals surface area contributed by atoms with E-state index in [9.17, 15) is 13.6 Å². The highest BCUT2D eigenvalue weighted by Crippen LogP contribution is 2.05. The number of nitrogens with zero attached hydrogens (tertiary/aromatic N) is 2. The molecule has 0 aromatic carbocycles. The van der Waals surface area contributed by atoms with Crippen LogP contribution in [0.3, 0.4) is 0 Å². The molecule has 0 saturated carbocycles. The van der Waals surface area contributed by atoms with Crippen LogP contribution in [0.15, 0.2) is 6.20 Å². The number of rotatable bonds is 2. The third-order valence-electron chi connectivity index (χ3n) is 0.894. The number of carbonyl (C=O) groups excluding carboxylic acids is 1. The number of carbonyl (C=O) groups is 1. The molecule has 1 rings (SSSR count). The van der Waals surface area contributed by atoms with Gasteiger partial charge in [0, 0.05) is 0 Å². The normalized spacial score (nSPS) is 9.27. The molecule has 0 aliphatic heterocycles. The molecule has 1 aromatic rings. The summed E-state index contributed by atoms with van der Waals surface area (Å²) in [4.78, 5) is 15.8. The summed E-state index contributed by atoms with van der Waals surface area (Å²) >= 11 is 0. The highest BCUT2D eigenvalue weighted by atomic mass is 19.1. The van der Waals surface area contributed by atoms with Crippen LogP contribution in [0.25, 0.3) is 0 Å². The van der Waals surface area contributed by atoms with Crippen LogP contribution in [0.5, 0.6) is 0 Å². The van der Waals surface area contributed by atoms with Crippen LogP contribution in [-0.2, 0) is 4.79 Å². The average Bonchev–Trinajstić information content (AvgIpc) is 1.98. The summed E-state index contributed by atoms with van der Waals surface area (Å²) in [5.74, 6) is -2.48. The highest BCUT2D eigenvalue weighted by Gasteiger charge is 2.04. The molecule has 0 fully saturated rings. The van der Waals surface area contributed by atoms with E-state index < -0.39 is 17.7 Å². The van der Waals surface area contributed by atoms with Crippen molar-refractivity contribution in [2.45, 2.75) is 0 Å². The zero-order chi connectivity index (χ0) is 8.27. The third kappa shape index (κ3) is 1.66. The number of halogens is 2. The second kappa shape index (κ2) is 3.00. The fourth-order valence-corrected chi connectivity index (χ4v) is 0.501. The minimum atomic E-state index is -1.02. The SMILES string of the molecule is O=CNc1nc(F)cnc1F. The Morgan fingerprint density at radius 2 is 2.27 bits per heavy atom. The summed E-state index contributed by atoms with van der Waals surface area (Å²) in [6.45, 7) is 0. The molecule has 0 aliphatic carbocycles. The molecule has 0 aliphatic rings. The van der Waals surface area contributed by atoms with E-state index in [1.54, 1.807) is 0 Å². The predicted octanol–water partition coefficient (Wildman–Crippen LogP) is 0.323. The first-order valence-electron chi connectivity index (χ1n) is 2.62. The highest BCUT2D eigenvalue weighted by molar-refractivity contribution is 5.68. The van der Waals surface area contributed by atoms with Gasteiger partial charge in [-0.2, -0.15) is 13.8 Å². The van der Waals surface area contributed by atoms with E-state index in [1.807, 2.05) is 5.32 Å². The lowest BCUT2D eigenvalue weighted by molar-refractivity contribution is -0.105. The van der Waals surface area contributed by atoms with E-state index in [-0.39, 0.29) is 6.41 Å². The second-order valence-corrected chi connectivity index (χ2v) is 1.59. The monoisotopic (exact) mass is 159 g/mol. The van der Waals surface area contributed by atoms with Crippen LogP contribution in [0.4, 0.5) is 14.6 Å². The number of aromatic nitrogens is 2. The average molecular weight is 159 g/mol. The molecule has 58 valence electrons. The van der Waals surface area contributed by atoms with Crippen molar-refractivity contribution in [3.63, 3.8) is 0 Å². The van der Waals surface area contributed by atoms with E-state index in [0.29, 0.717) is 6.20 Å². The van der Waals surface area contributed by atoms with Crippen LogP contribution in [0.1, 0.15) is 0 Å². The minimum absolute atomic E-state index is 0.187. The van der Waals surface area contributed by atoms with Crippen molar-refractivity contribution in [2.24, 2.45) is 0 Å². The molecule has 0 unspecified atom stereocenters. The standard InChI is InChI=1S/C5H3F2N3O/c6-3-1-8-4(7)5(10-3)9-2-11/h1-2H,(H,9,10,11). The van der Waals surface area contributed by atoms with E-state index >= 15 is 0 Å². The Kier molecular flexibility index (Phi) is 2.05. The number of hydrogen-bond acceptors (Lipinski definition) is 3. The molecule has 4 nitrogen and oxygen atoms in total. The first kappa shape index (κ1) is 7.52. The number of hydrogen-bond donors (Lipinski definition) is 1. The first-order valence-corrected chi connectivity index (χ1v) is 2.62. The van der Waals surface area contributed by atoms with Crippen LogP contribution < -0.4 is 5.32 Å². The Hall–Kier alpha value is -1.59. The molecule has 0 saturated heterocycles. The van der Waals surface area contributed by atoms with Gasteiger partial charge in [-0.15, -0.1) is 0 Å². The molecule has 1 heterocycles. The molecule has 0 spiro atoms. The van der Waals surface area contributed by atoms with Gasteiger partial charge in [0.1, 0.15) is 0 Å². The molecule has 6 heteroatoms. The van der Waals surface area contributed by atoms with Gasteiger partial charge in [0.25, 0.3) is 5.95 Å². The Morgan fingerprint density at radius 3 is 2.91 bits per heavy atom. The minimum Gasteiger partial charge on any atom is -0.309 e. The summed E-state index contributed by atoms with van der Waals surface area (Å²) in [7, 11) is 0. The second-order valence-electron chi connectivity index (χ2n) is 1.59.